The summed E-state index contributed by atoms with van der Waals surface area (Å²) in [5.41, 5.74) is 1.18. The van der Waals surface area contributed by atoms with Crippen molar-refractivity contribution in [2.24, 2.45) is 0 Å². The van der Waals surface area contributed by atoms with Crippen molar-refractivity contribution in [1.29, 1.82) is 0 Å². The van der Waals surface area contributed by atoms with Gasteiger partial charge in [0.25, 0.3) is 0 Å². The molecule has 1 aromatic carbocycles. The normalized spacial score (nSPS) is 11.8. The minimum absolute atomic E-state index is 0.0870. The van der Waals surface area contributed by atoms with Crippen LogP contribution in [0.25, 0.3) is 0 Å². The van der Waals surface area contributed by atoms with E-state index in [0.29, 0.717) is 13.2 Å². The molecule has 0 saturated heterocycles. The van der Waals surface area contributed by atoms with Gasteiger partial charge in [-0.3, -0.25) is 4.79 Å². The molecule has 0 aromatic heterocycles. The van der Waals surface area contributed by atoms with Gasteiger partial charge in [-0.1, -0.05) is 42.8 Å². The molecular formula is C17H24O3. The Labute approximate surface area is 121 Å². The quantitative estimate of drug-likeness (QED) is 0.369. The Morgan fingerprint density at radius 1 is 1.25 bits per heavy atom. The smallest absolute Gasteiger partial charge is 0.302 e. The first kappa shape index (κ1) is 16.4. The Morgan fingerprint density at radius 3 is 2.65 bits per heavy atom. The molecule has 1 rings (SSSR count). The van der Waals surface area contributed by atoms with Crippen LogP contribution in [0.15, 0.2) is 43.0 Å². The highest BCUT2D eigenvalue weighted by Crippen LogP contribution is 2.11. The van der Waals surface area contributed by atoms with Gasteiger partial charge in [-0.2, -0.15) is 0 Å². The third-order valence-electron chi connectivity index (χ3n) is 3.01. The molecule has 1 aromatic rings. The standard InChI is InChI=1S/C17H24O3/c1-3-17(12-8-5-9-13-19-15(2)18)20-14-16-10-6-4-7-11-16/h3-4,6-7,10-11,17H,1,5,8-9,12-14H2,2H3. The second kappa shape index (κ2) is 10.2. The van der Waals surface area contributed by atoms with Crippen LogP contribution in [0.2, 0.25) is 0 Å². The second-order valence-corrected chi connectivity index (χ2v) is 4.76. The van der Waals surface area contributed by atoms with Crippen molar-refractivity contribution in [3.05, 3.63) is 48.6 Å². The number of carbonyl (C=O) groups is 1. The van der Waals surface area contributed by atoms with Gasteiger partial charge in [0.15, 0.2) is 0 Å². The van der Waals surface area contributed by atoms with Gasteiger partial charge in [-0.15, -0.1) is 6.58 Å². The molecule has 0 aliphatic carbocycles. The molecule has 0 saturated carbocycles. The first-order valence-electron chi connectivity index (χ1n) is 7.14. The van der Waals surface area contributed by atoms with Crippen molar-refractivity contribution in [2.45, 2.75) is 45.3 Å². The van der Waals surface area contributed by atoms with Crippen LogP contribution in [0, 0.1) is 0 Å². The van der Waals surface area contributed by atoms with Crippen LogP contribution in [-0.4, -0.2) is 18.7 Å². The van der Waals surface area contributed by atoms with Gasteiger partial charge < -0.3 is 9.47 Å². The van der Waals surface area contributed by atoms with Crippen LogP contribution in [0.5, 0.6) is 0 Å². The lowest BCUT2D eigenvalue weighted by molar-refractivity contribution is -0.141. The highest BCUT2D eigenvalue weighted by molar-refractivity contribution is 5.65. The van der Waals surface area contributed by atoms with Crippen LogP contribution in [0.4, 0.5) is 0 Å². The maximum atomic E-state index is 10.6. The molecule has 20 heavy (non-hydrogen) atoms. The summed E-state index contributed by atoms with van der Waals surface area (Å²) in [6.07, 6.45) is 5.89. The minimum atomic E-state index is -0.208. The zero-order valence-corrected chi connectivity index (χ0v) is 12.2. The van der Waals surface area contributed by atoms with E-state index in [9.17, 15) is 4.79 Å². The summed E-state index contributed by atoms with van der Waals surface area (Å²) in [4.78, 5) is 10.6. The highest BCUT2D eigenvalue weighted by Gasteiger charge is 2.04. The van der Waals surface area contributed by atoms with Gasteiger partial charge in [0.05, 0.1) is 19.3 Å². The molecule has 1 unspecified atom stereocenters. The monoisotopic (exact) mass is 276 g/mol. The number of esters is 1. The average molecular weight is 276 g/mol. The maximum Gasteiger partial charge on any atom is 0.302 e. The van der Waals surface area contributed by atoms with Gasteiger partial charge >= 0.3 is 5.97 Å². The van der Waals surface area contributed by atoms with E-state index in [0.717, 1.165) is 25.7 Å². The van der Waals surface area contributed by atoms with E-state index in [-0.39, 0.29) is 12.1 Å². The Balaban J connectivity index is 2.10. The van der Waals surface area contributed by atoms with E-state index >= 15 is 0 Å². The predicted octanol–water partition coefficient (Wildman–Crippen LogP) is 3.88. The first-order chi connectivity index (χ1) is 9.72. The molecule has 3 nitrogen and oxygen atoms in total. The summed E-state index contributed by atoms with van der Waals surface area (Å²) in [7, 11) is 0. The van der Waals surface area contributed by atoms with E-state index in [2.05, 4.69) is 18.7 Å². The Morgan fingerprint density at radius 2 is 2.00 bits per heavy atom. The Bertz CT molecular complexity index is 386. The lowest BCUT2D eigenvalue weighted by Crippen LogP contribution is -2.09. The number of hydrogen-bond acceptors (Lipinski definition) is 3. The van der Waals surface area contributed by atoms with Crippen LogP contribution < -0.4 is 0 Å². The van der Waals surface area contributed by atoms with Crippen molar-refractivity contribution in [3.8, 4) is 0 Å². The van der Waals surface area contributed by atoms with Gasteiger partial charge in [-0.05, 0) is 24.8 Å². The predicted molar refractivity (Wildman–Crippen MR) is 80.3 cm³/mol. The number of benzene rings is 1. The van der Waals surface area contributed by atoms with E-state index in [4.69, 9.17) is 9.47 Å². The summed E-state index contributed by atoms with van der Waals surface area (Å²) >= 11 is 0. The molecule has 110 valence electrons. The van der Waals surface area contributed by atoms with Crippen molar-refractivity contribution in [2.75, 3.05) is 6.61 Å². The first-order valence-corrected chi connectivity index (χ1v) is 7.14. The molecule has 0 aliphatic rings. The molecule has 1 atom stereocenters. The molecule has 3 heteroatoms. The minimum Gasteiger partial charge on any atom is -0.466 e. The summed E-state index contributed by atoms with van der Waals surface area (Å²) in [5, 5.41) is 0. The molecule has 0 N–H and O–H groups in total. The summed E-state index contributed by atoms with van der Waals surface area (Å²) in [6.45, 7) is 6.38. The molecule has 0 fully saturated rings. The highest BCUT2D eigenvalue weighted by atomic mass is 16.5. The van der Waals surface area contributed by atoms with Crippen LogP contribution in [0.3, 0.4) is 0 Å². The fourth-order valence-corrected chi connectivity index (χ4v) is 1.89. The molecule has 0 amide bonds. The van der Waals surface area contributed by atoms with Gasteiger partial charge in [0, 0.05) is 6.92 Å². The number of carbonyl (C=O) groups excluding carboxylic acids is 1. The third-order valence-corrected chi connectivity index (χ3v) is 3.01. The summed E-state index contributed by atoms with van der Waals surface area (Å²) in [6, 6.07) is 10.1. The summed E-state index contributed by atoms with van der Waals surface area (Å²) < 4.78 is 10.7. The zero-order chi connectivity index (χ0) is 14.6. The van der Waals surface area contributed by atoms with Crippen molar-refractivity contribution in [1.82, 2.24) is 0 Å². The van der Waals surface area contributed by atoms with Crippen molar-refractivity contribution >= 4 is 5.97 Å². The average Bonchev–Trinajstić information content (AvgIpc) is 2.46. The van der Waals surface area contributed by atoms with Gasteiger partial charge in [0.2, 0.25) is 0 Å². The number of hydrogen-bond donors (Lipinski definition) is 0. The van der Waals surface area contributed by atoms with E-state index in [1.165, 1.54) is 12.5 Å². The van der Waals surface area contributed by atoms with Crippen molar-refractivity contribution < 1.29 is 14.3 Å². The van der Waals surface area contributed by atoms with Crippen LogP contribution in [0.1, 0.15) is 38.2 Å². The number of unbranched alkanes of at least 4 members (excludes halogenated alkanes) is 2. The Kier molecular flexibility index (Phi) is 8.40. The van der Waals surface area contributed by atoms with Gasteiger partial charge in [0.1, 0.15) is 0 Å². The Hall–Kier alpha value is -1.61. The molecule has 0 aliphatic heterocycles. The second-order valence-electron chi connectivity index (χ2n) is 4.76. The molecule has 0 heterocycles. The van der Waals surface area contributed by atoms with E-state index < -0.39 is 0 Å². The molecule has 0 spiro atoms. The van der Waals surface area contributed by atoms with E-state index in [1.807, 2.05) is 24.3 Å². The lowest BCUT2D eigenvalue weighted by Gasteiger charge is -2.14. The fraction of sp³-hybridized carbons (Fsp3) is 0.471. The lowest BCUT2D eigenvalue weighted by atomic mass is 10.1. The van der Waals surface area contributed by atoms with Crippen LogP contribution >= 0.6 is 0 Å². The van der Waals surface area contributed by atoms with Crippen LogP contribution in [-0.2, 0) is 20.9 Å². The molecule has 0 radical (unpaired) electrons. The topological polar surface area (TPSA) is 35.5 Å². The summed E-state index contributed by atoms with van der Waals surface area (Å²) in [5.74, 6) is -0.208. The van der Waals surface area contributed by atoms with Crippen molar-refractivity contribution in [3.63, 3.8) is 0 Å². The number of rotatable bonds is 10. The van der Waals surface area contributed by atoms with E-state index in [1.54, 1.807) is 0 Å². The third kappa shape index (κ3) is 7.74. The zero-order valence-electron chi connectivity index (χ0n) is 12.2. The van der Waals surface area contributed by atoms with Gasteiger partial charge in [-0.25, -0.2) is 0 Å². The molecular weight excluding hydrogens is 252 g/mol. The maximum absolute atomic E-state index is 10.6. The number of ether oxygens (including phenoxy) is 2. The fourth-order valence-electron chi connectivity index (χ4n) is 1.89. The molecule has 0 bridgehead atoms. The largest absolute Gasteiger partial charge is 0.466 e. The SMILES string of the molecule is C=CC(CCCCCOC(C)=O)OCc1ccccc1.